The summed E-state index contributed by atoms with van der Waals surface area (Å²) in [6.07, 6.45) is 1.03. The Hall–Kier alpha value is -1.93. The molecule has 0 saturated heterocycles. The SMILES string of the molecule is CC(C)(C)[C@H](Nc1ccc(S(C)(=O)=O)cc1[N+](=O)[O-])c1cccs1. The monoisotopic (exact) mass is 368 g/mol. The van der Waals surface area contributed by atoms with Gasteiger partial charge in [-0.25, -0.2) is 8.42 Å². The predicted octanol–water partition coefficient (Wildman–Crippen LogP) is 4.26. The molecule has 0 aliphatic heterocycles. The predicted molar refractivity (Wildman–Crippen MR) is 96.3 cm³/mol. The Morgan fingerprint density at radius 3 is 2.38 bits per heavy atom. The standard InChI is InChI=1S/C16H20N2O4S2/c1-16(2,3)15(14-6-5-9-23-14)17-12-8-7-11(24(4,21)22)10-13(12)18(19)20/h5-10,15,17H,1-4H3/t15-/m1/s1. The lowest BCUT2D eigenvalue weighted by molar-refractivity contribution is -0.384. The zero-order valence-electron chi connectivity index (χ0n) is 13.9. The Morgan fingerprint density at radius 2 is 1.92 bits per heavy atom. The molecule has 0 bridgehead atoms. The number of hydrogen-bond donors (Lipinski definition) is 1. The molecule has 8 heteroatoms. The fourth-order valence-corrected chi connectivity index (χ4v) is 4.00. The van der Waals surface area contributed by atoms with Crippen LogP contribution in [0.2, 0.25) is 0 Å². The molecule has 1 aromatic heterocycles. The lowest BCUT2D eigenvalue weighted by Gasteiger charge is -2.31. The van der Waals surface area contributed by atoms with Crippen LogP contribution >= 0.6 is 11.3 Å². The van der Waals surface area contributed by atoms with Crippen LogP contribution in [0.25, 0.3) is 0 Å². The minimum absolute atomic E-state index is 0.0665. The largest absolute Gasteiger partial charge is 0.371 e. The third kappa shape index (κ3) is 4.12. The molecule has 0 amide bonds. The Balaban J connectivity index is 2.49. The first kappa shape index (κ1) is 18.4. The van der Waals surface area contributed by atoms with Crippen molar-refractivity contribution in [2.75, 3.05) is 11.6 Å². The van der Waals surface area contributed by atoms with E-state index in [2.05, 4.69) is 5.32 Å². The summed E-state index contributed by atoms with van der Waals surface area (Å²) in [5.74, 6) is 0. The highest BCUT2D eigenvalue weighted by Crippen LogP contribution is 2.40. The van der Waals surface area contributed by atoms with Crippen LogP contribution in [0.3, 0.4) is 0 Å². The van der Waals surface area contributed by atoms with E-state index in [-0.39, 0.29) is 22.0 Å². The van der Waals surface area contributed by atoms with E-state index in [1.807, 2.05) is 38.3 Å². The number of sulfone groups is 1. The minimum Gasteiger partial charge on any atom is -0.371 e. The second-order valence-electron chi connectivity index (χ2n) is 6.67. The fourth-order valence-electron chi connectivity index (χ4n) is 2.34. The van der Waals surface area contributed by atoms with Gasteiger partial charge in [0.2, 0.25) is 0 Å². The van der Waals surface area contributed by atoms with Crippen molar-refractivity contribution in [1.29, 1.82) is 0 Å². The van der Waals surface area contributed by atoms with Crippen molar-refractivity contribution in [3.8, 4) is 0 Å². The van der Waals surface area contributed by atoms with Crippen LogP contribution in [-0.2, 0) is 9.84 Å². The van der Waals surface area contributed by atoms with Crippen molar-refractivity contribution in [3.05, 3.63) is 50.7 Å². The molecule has 0 aliphatic rings. The molecule has 1 atom stereocenters. The topological polar surface area (TPSA) is 89.3 Å². The minimum atomic E-state index is -3.51. The van der Waals surface area contributed by atoms with E-state index in [0.29, 0.717) is 5.69 Å². The van der Waals surface area contributed by atoms with E-state index < -0.39 is 14.8 Å². The van der Waals surface area contributed by atoms with Crippen molar-refractivity contribution in [2.24, 2.45) is 5.41 Å². The van der Waals surface area contributed by atoms with Gasteiger partial charge in [-0.05, 0) is 29.0 Å². The van der Waals surface area contributed by atoms with Crippen LogP contribution in [0.4, 0.5) is 11.4 Å². The zero-order valence-corrected chi connectivity index (χ0v) is 15.6. The molecule has 6 nitrogen and oxygen atoms in total. The number of anilines is 1. The molecule has 1 heterocycles. The average molecular weight is 368 g/mol. The van der Waals surface area contributed by atoms with E-state index >= 15 is 0 Å². The summed E-state index contributed by atoms with van der Waals surface area (Å²) in [6, 6.07) is 7.72. The van der Waals surface area contributed by atoms with Crippen LogP contribution < -0.4 is 5.32 Å². The first-order chi connectivity index (χ1) is 11.0. The van der Waals surface area contributed by atoms with E-state index in [1.165, 1.54) is 12.1 Å². The molecule has 2 rings (SSSR count). The number of benzene rings is 1. The van der Waals surface area contributed by atoms with Gasteiger partial charge in [-0.1, -0.05) is 26.8 Å². The zero-order chi connectivity index (χ0) is 18.1. The highest BCUT2D eigenvalue weighted by atomic mass is 32.2. The molecule has 24 heavy (non-hydrogen) atoms. The number of hydrogen-bond acceptors (Lipinski definition) is 6. The molecular formula is C16H20N2O4S2. The first-order valence-electron chi connectivity index (χ1n) is 7.28. The van der Waals surface area contributed by atoms with Crippen molar-refractivity contribution in [2.45, 2.75) is 31.7 Å². The maximum atomic E-state index is 11.6. The van der Waals surface area contributed by atoms with Gasteiger partial charge < -0.3 is 5.32 Å². The summed E-state index contributed by atoms with van der Waals surface area (Å²) in [6.45, 7) is 6.13. The average Bonchev–Trinajstić information content (AvgIpc) is 2.95. The normalized spacial score (nSPS) is 13.5. The van der Waals surface area contributed by atoms with Gasteiger partial charge in [0, 0.05) is 17.2 Å². The Kier molecular flexibility index (Phi) is 5.00. The lowest BCUT2D eigenvalue weighted by atomic mass is 9.85. The summed E-state index contributed by atoms with van der Waals surface area (Å²) in [4.78, 5) is 11.8. The molecule has 130 valence electrons. The van der Waals surface area contributed by atoms with Crippen LogP contribution in [0, 0.1) is 15.5 Å². The third-order valence-electron chi connectivity index (χ3n) is 3.59. The van der Waals surface area contributed by atoms with Gasteiger partial charge in [0.15, 0.2) is 9.84 Å². The van der Waals surface area contributed by atoms with Gasteiger partial charge in [0.05, 0.1) is 15.9 Å². The molecule has 2 aromatic rings. The highest BCUT2D eigenvalue weighted by molar-refractivity contribution is 7.90. The molecule has 0 unspecified atom stereocenters. The quantitative estimate of drug-likeness (QED) is 0.629. The summed E-state index contributed by atoms with van der Waals surface area (Å²) in [7, 11) is -3.51. The summed E-state index contributed by atoms with van der Waals surface area (Å²) in [5.41, 5.74) is -0.127. The number of nitrogens with one attached hydrogen (secondary N) is 1. The summed E-state index contributed by atoms with van der Waals surface area (Å²) < 4.78 is 23.3. The van der Waals surface area contributed by atoms with E-state index in [1.54, 1.807) is 11.3 Å². The number of nitro benzene ring substituents is 1. The molecule has 1 N–H and O–H groups in total. The highest BCUT2D eigenvalue weighted by Gasteiger charge is 2.29. The Bertz CT molecular complexity index is 837. The van der Waals surface area contributed by atoms with Gasteiger partial charge in [0.25, 0.3) is 5.69 Å². The lowest BCUT2D eigenvalue weighted by Crippen LogP contribution is -2.25. The van der Waals surface area contributed by atoms with Crippen molar-refractivity contribution >= 4 is 32.5 Å². The van der Waals surface area contributed by atoms with E-state index in [9.17, 15) is 18.5 Å². The number of thiophene rings is 1. The number of rotatable bonds is 5. The second kappa shape index (κ2) is 6.52. The third-order valence-corrected chi connectivity index (χ3v) is 5.64. The van der Waals surface area contributed by atoms with Crippen LogP contribution in [-0.4, -0.2) is 19.6 Å². The molecule has 0 aliphatic carbocycles. The van der Waals surface area contributed by atoms with Crippen LogP contribution in [0.5, 0.6) is 0 Å². The smallest absolute Gasteiger partial charge is 0.293 e. The van der Waals surface area contributed by atoms with Crippen LogP contribution in [0.1, 0.15) is 31.7 Å². The van der Waals surface area contributed by atoms with Gasteiger partial charge in [0.1, 0.15) is 5.69 Å². The van der Waals surface area contributed by atoms with Gasteiger partial charge >= 0.3 is 0 Å². The maximum Gasteiger partial charge on any atom is 0.293 e. The fraction of sp³-hybridized carbons (Fsp3) is 0.375. The molecular weight excluding hydrogens is 348 g/mol. The van der Waals surface area contributed by atoms with Crippen LogP contribution in [0.15, 0.2) is 40.6 Å². The van der Waals surface area contributed by atoms with Gasteiger partial charge in [-0.15, -0.1) is 11.3 Å². The molecule has 0 radical (unpaired) electrons. The molecule has 0 spiro atoms. The van der Waals surface area contributed by atoms with Crippen molar-refractivity contribution in [1.82, 2.24) is 0 Å². The number of nitrogens with zero attached hydrogens (tertiary/aromatic N) is 1. The van der Waals surface area contributed by atoms with Gasteiger partial charge in [-0.3, -0.25) is 10.1 Å². The molecule has 0 saturated carbocycles. The maximum absolute atomic E-state index is 11.6. The second-order valence-corrected chi connectivity index (χ2v) is 9.66. The van der Waals surface area contributed by atoms with Gasteiger partial charge in [-0.2, -0.15) is 0 Å². The number of nitro groups is 1. The molecule has 1 aromatic carbocycles. The van der Waals surface area contributed by atoms with E-state index in [0.717, 1.165) is 17.2 Å². The van der Waals surface area contributed by atoms with Crippen molar-refractivity contribution < 1.29 is 13.3 Å². The Labute approximate surface area is 145 Å². The first-order valence-corrected chi connectivity index (χ1v) is 10.1. The summed E-state index contributed by atoms with van der Waals surface area (Å²) >= 11 is 1.57. The Morgan fingerprint density at radius 1 is 1.25 bits per heavy atom. The van der Waals surface area contributed by atoms with Crippen molar-refractivity contribution in [3.63, 3.8) is 0 Å². The molecule has 0 fully saturated rings. The van der Waals surface area contributed by atoms with E-state index in [4.69, 9.17) is 0 Å². The summed E-state index contributed by atoms with van der Waals surface area (Å²) in [5, 5.41) is 16.6.